The Labute approximate surface area is 114 Å². The van der Waals surface area contributed by atoms with Crippen molar-refractivity contribution < 1.29 is 19.2 Å². The van der Waals surface area contributed by atoms with E-state index in [1.807, 2.05) is 0 Å². The van der Waals surface area contributed by atoms with Crippen molar-refractivity contribution in [3.05, 3.63) is 33.3 Å². The minimum Gasteiger partial charge on any atom is -0.484 e. The van der Waals surface area contributed by atoms with Gasteiger partial charge in [0.1, 0.15) is 12.4 Å². The number of nitro benzene ring substituents is 1. The number of Topliss-reactive ketones (excluding diaryl/α,β-unsaturated/α-hetero) is 1. The van der Waals surface area contributed by atoms with E-state index >= 15 is 0 Å². The highest BCUT2D eigenvalue weighted by atomic mass is 35.5. The minimum absolute atomic E-state index is 0.0491. The summed E-state index contributed by atoms with van der Waals surface area (Å²) in [5.41, 5.74) is -0.118. The Morgan fingerprint density at radius 3 is 2.95 bits per heavy atom. The van der Waals surface area contributed by atoms with Crippen LogP contribution in [-0.2, 0) is 9.53 Å². The van der Waals surface area contributed by atoms with Gasteiger partial charge in [-0.15, -0.1) is 0 Å². The third-order valence-electron chi connectivity index (χ3n) is 2.88. The first-order valence-electron chi connectivity index (χ1n) is 5.75. The average Bonchev–Trinajstić information content (AvgIpc) is 2.90. The lowest BCUT2D eigenvalue weighted by atomic mass is 10.0. The second-order valence-corrected chi connectivity index (χ2v) is 4.59. The predicted octanol–water partition coefficient (Wildman–Crippen LogP) is 2.23. The second-order valence-electron chi connectivity index (χ2n) is 4.19. The van der Waals surface area contributed by atoms with Crippen LogP contribution in [0.5, 0.6) is 5.75 Å². The molecule has 0 bridgehead atoms. The van der Waals surface area contributed by atoms with E-state index in [-0.39, 0.29) is 34.8 Å². The number of hydrogen-bond acceptors (Lipinski definition) is 5. The van der Waals surface area contributed by atoms with Gasteiger partial charge in [0.2, 0.25) is 0 Å². The fraction of sp³-hybridized carbons (Fsp3) is 0.417. The van der Waals surface area contributed by atoms with Gasteiger partial charge < -0.3 is 9.47 Å². The Hall–Kier alpha value is -1.66. The molecule has 102 valence electrons. The standard InChI is InChI=1S/C12H12ClNO5/c13-10-5-9(14(16)17)1-2-12(10)19-7-11(15)8-3-4-18-6-8/h1-2,5,8H,3-4,6-7H2. The van der Waals surface area contributed by atoms with Crippen LogP contribution in [0, 0.1) is 16.0 Å². The zero-order chi connectivity index (χ0) is 13.8. The van der Waals surface area contributed by atoms with Gasteiger partial charge in [-0.3, -0.25) is 14.9 Å². The molecule has 2 rings (SSSR count). The zero-order valence-corrected chi connectivity index (χ0v) is 10.8. The predicted molar refractivity (Wildman–Crippen MR) is 67.5 cm³/mol. The number of nitro groups is 1. The number of ether oxygens (including phenoxy) is 2. The van der Waals surface area contributed by atoms with Crippen LogP contribution in [0.25, 0.3) is 0 Å². The summed E-state index contributed by atoms with van der Waals surface area (Å²) in [5, 5.41) is 10.7. The average molecular weight is 286 g/mol. The molecule has 1 fully saturated rings. The van der Waals surface area contributed by atoms with Crippen LogP contribution in [-0.4, -0.2) is 30.5 Å². The van der Waals surface area contributed by atoms with Crippen molar-refractivity contribution in [1.82, 2.24) is 0 Å². The molecule has 1 aromatic rings. The molecule has 0 spiro atoms. The van der Waals surface area contributed by atoms with Gasteiger partial charge in [-0.25, -0.2) is 0 Å². The molecular formula is C12H12ClNO5. The molecule has 1 aromatic carbocycles. The number of rotatable bonds is 5. The van der Waals surface area contributed by atoms with Crippen molar-refractivity contribution in [3.8, 4) is 5.75 Å². The largest absolute Gasteiger partial charge is 0.484 e. The lowest BCUT2D eigenvalue weighted by Crippen LogP contribution is -2.21. The van der Waals surface area contributed by atoms with Gasteiger partial charge in [0.15, 0.2) is 5.78 Å². The molecule has 0 aliphatic carbocycles. The van der Waals surface area contributed by atoms with Crippen LogP contribution in [0.3, 0.4) is 0 Å². The van der Waals surface area contributed by atoms with Gasteiger partial charge in [-0.1, -0.05) is 11.6 Å². The Kier molecular flexibility index (Phi) is 4.34. The number of carbonyl (C=O) groups excluding carboxylic acids is 1. The third kappa shape index (κ3) is 3.42. The van der Waals surface area contributed by atoms with Crippen LogP contribution in [0.1, 0.15) is 6.42 Å². The van der Waals surface area contributed by atoms with Crippen molar-refractivity contribution in [2.45, 2.75) is 6.42 Å². The molecule has 0 aromatic heterocycles. The van der Waals surface area contributed by atoms with Gasteiger partial charge in [0.25, 0.3) is 5.69 Å². The highest BCUT2D eigenvalue weighted by molar-refractivity contribution is 6.32. The van der Waals surface area contributed by atoms with Crippen LogP contribution in [0.15, 0.2) is 18.2 Å². The summed E-state index contributed by atoms with van der Waals surface area (Å²) < 4.78 is 10.4. The molecule has 1 aliphatic rings. The van der Waals surface area contributed by atoms with Crippen molar-refractivity contribution in [2.24, 2.45) is 5.92 Å². The van der Waals surface area contributed by atoms with Gasteiger partial charge in [0, 0.05) is 24.7 Å². The van der Waals surface area contributed by atoms with E-state index in [4.69, 9.17) is 21.1 Å². The van der Waals surface area contributed by atoms with Crippen molar-refractivity contribution >= 4 is 23.1 Å². The molecule has 19 heavy (non-hydrogen) atoms. The van der Waals surface area contributed by atoms with Gasteiger partial charge >= 0.3 is 0 Å². The van der Waals surface area contributed by atoms with E-state index in [1.165, 1.54) is 18.2 Å². The Bertz CT molecular complexity index is 499. The maximum atomic E-state index is 11.7. The molecule has 0 saturated carbocycles. The molecular weight excluding hydrogens is 274 g/mol. The summed E-state index contributed by atoms with van der Waals surface area (Å²) in [6, 6.07) is 3.86. The van der Waals surface area contributed by atoms with E-state index in [1.54, 1.807) is 0 Å². The van der Waals surface area contributed by atoms with Crippen LogP contribution in [0.2, 0.25) is 5.02 Å². The summed E-state index contributed by atoms with van der Waals surface area (Å²) in [7, 11) is 0. The quantitative estimate of drug-likeness (QED) is 0.612. The molecule has 1 aliphatic heterocycles. The second kappa shape index (κ2) is 5.99. The number of nitrogens with zero attached hydrogens (tertiary/aromatic N) is 1. The zero-order valence-electron chi connectivity index (χ0n) is 10.0. The normalized spacial score (nSPS) is 18.3. The van der Waals surface area contributed by atoms with Crippen molar-refractivity contribution in [2.75, 3.05) is 19.8 Å². The van der Waals surface area contributed by atoms with Gasteiger partial charge in [-0.05, 0) is 12.5 Å². The summed E-state index contributed by atoms with van der Waals surface area (Å²) >= 11 is 5.85. The van der Waals surface area contributed by atoms with E-state index in [2.05, 4.69) is 0 Å². The van der Waals surface area contributed by atoms with E-state index < -0.39 is 4.92 Å². The molecule has 1 unspecified atom stereocenters. The van der Waals surface area contributed by atoms with Gasteiger partial charge in [-0.2, -0.15) is 0 Å². The molecule has 1 atom stereocenters. The molecule has 0 radical (unpaired) electrons. The lowest BCUT2D eigenvalue weighted by Gasteiger charge is -2.09. The topological polar surface area (TPSA) is 78.7 Å². The molecule has 1 heterocycles. The van der Waals surface area contributed by atoms with Crippen molar-refractivity contribution in [3.63, 3.8) is 0 Å². The summed E-state index contributed by atoms with van der Waals surface area (Å²) in [4.78, 5) is 21.7. The monoisotopic (exact) mass is 285 g/mol. The molecule has 6 nitrogen and oxygen atoms in total. The summed E-state index contributed by atoms with van der Waals surface area (Å²) in [6.45, 7) is 0.913. The smallest absolute Gasteiger partial charge is 0.271 e. The Morgan fingerprint density at radius 1 is 1.58 bits per heavy atom. The van der Waals surface area contributed by atoms with E-state index in [9.17, 15) is 14.9 Å². The van der Waals surface area contributed by atoms with Crippen LogP contribution in [0.4, 0.5) is 5.69 Å². The van der Waals surface area contributed by atoms with Gasteiger partial charge in [0.05, 0.1) is 16.6 Å². The highest BCUT2D eigenvalue weighted by Gasteiger charge is 2.24. The first-order valence-corrected chi connectivity index (χ1v) is 6.13. The Morgan fingerprint density at radius 2 is 2.37 bits per heavy atom. The van der Waals surface area contributed by atoms with E-state index in [0.717, 1.165) is 0 Å². The number of non-ortho nitro benzene ring substituents is 1. The SMILES string of the molecule is O=C(COc1ccc([N+](=O)[O-])cc1Cl)C1CCOC1. The third-order valence-corrected chi connectivity index (χ3v) is 3.18. The Balaban J connectivity index is 1.95. The fourth-order valence-corrected chi connectivity index (χ4v) is 2.00. The number of hydrogen-bond donors (Lipinski definition) is 0. The summed E-state index contributed by atoms with van der Waals surface area (Å²) in [5.74, 6) is 0.0864. The molecule has 7 heteroatoms. The van der Waals surface area contributed by atoms with Crippen LogP contribution < -0.4 is 4.74 Å². The highest BCUT2D eigenvalue weighted by Crippen LogP contribution is 2.28. The van der Waals surface area contributed by atoms with Crippen molar-refractivity contribution in [1.29, 1.82) is 0 Å². The first kappa shape index (κ1) is 13.8. The molecule has 0 amide bonds. The maximum absolute atomic E-state index is 11.7. The van der Waals surface area contributed by atoms with E-state index in [0.29, 0.717) is 19.6 Å². The number of benzene rings is 1. The number of halogens is 1. The summed E-state index contributed by atoms with van der Waals surface area (Å²) in [6.07, 6.45) is 0.705. The fourth-order valence-electron chi connectivity index (χ4n) is 1.78. The number of ketones is 1. The molecule has 1 saturated heterocycles. The lowest BCUT2D eigenvalue weighted by molar-refractivity contribution is -0.384. The molecule has 0 N–H and O–H groups in total. The first-order chi connectivity index (χ1) is 9.08. The minimum atomic E-state index is -0.545. The number of carbonyl (C=O) groups is 1. The maximum Gasteiger partial charge on any atom is 0.271 e. The van der Waals surface area contributed by atoms with Crippen LogP contribution >= 0.6 is 11.6 Å².